The van der Waals surface area contributed by atoms with Crippen molar-refractivity contribution in [3.63, 3.8) is 0 Å². The highest BCUT2D eigenvalue weighted by molar-refractivity contribution is 5.92. The maximum absolute atomic E-state index is 12.7. The van der Waals surface area contributed by atoms with Crippen molar-refractivity contribution in [1.82, 2.24) is 16.0 Å². The molecular weight excluding hydrogens is 396 g/mol. The summed E-state index contributed by atoms with van der Waals surface area (Å²) in [6, 6.07) is -1.37. The van der Waals surface area contributed by atoms with Crippen molar-refractivity contribution in [3.8, 4) is 0 Å². The molecule has 0 aliphatic carbocycles. The van der Waals surface area contributed by atoms with Gasteiger partial charge in [-0.05, 0) is 46.1 Å². The number of aliphatic hydroxyl groups is 1. The van der Waals surface area contributed by atoms with Crippen LogP contribution in [0.15, 0.2) is 0 Å². The van der Waals surface area contributed by atoms with Crippen LogP contribution in [-0.2, 0) is 14.4 Å². The molecule has 8 nitrogen and oxygen atoms in total. The number of hydrogen-bond acceptors (Lipinski definition) is 6. The zero-order valence-electron chi connectivity index (χ0n) is 19.6. The van der Waals surface area contributed by atoms with Gasteiger partial charge >= 0.3 is 0 Å². The van der Waals surface area contributed by atoms with Crippen molar-refractivity contribution in [2.24, 2.45) is 11.7 Å². The lowest BCUT2D eigenvalue weighted by Crippen LogP contribution is -2.57. The summed E-state index contributed by atoms with van der Waals surface area (Å²) in [4.78, 5) is 36.9. The first-order valence-electron chi connectivity index (χ1n) is 12.0. The van der Waals surface area contributed by atoms with E-state index in [1.807, 2.05) is 0 Å². The SMILES string of the molecule is CCCCCCCC[C@@H]1CC[C@H](C(=O)N[C@H](C(=O)N[C@@H](CCN)C(C)=O)[C@H](C)O)CN1. The van der Waals surface area contributed by atoms with Gasteiger partial charge in [-0.25, -0.2) is 0 Å². The predicted octanol–water partition coefficient (Wildman–Crippen LogP) is 1.39. The summed E-state index contributed by atoms with van der Waals surface area (Å²) >= 11 is 0. The summed E-state index contributed by atoms with van der Waals surface area (Å²) in [5, 5.41) is 18.8. The first-order valence-corrected chi connectivity index (χ1v) is 12.0. The maximum Gasteiger partial charge on any atom is 0.245 e. The summed E-state index contributed by atoms with van der Waals surface area (Å²) in [6.45, 7) is 5.88. The molecule has 6 N–H and O–H groups in total. The van der Waals surface area contributed by atoms with E-state index in [4.69, 9.17) is 5.73 Å². The second-order valence-corrected chi connectivity index (χ2v) is 8.91. The van der Waals surface area contributed by atoms with Gasteiger partial charge in [0.05, 0.1) is 18.1 Å². The molecule has 0 aromatic heterocycles. The van der Waals surface area contributed by atoms with Crippen LogP contribution in [0.2, 0.25) is 0 Å². The Bertz CT molecular complexity index is 548. The van der Waals surface area contributed by atoms with Crippen molar-refractivity contribution in [2.75, 3.05) is 13.1 Å². The molecule has 0 saturated carbocycles. The number of rotatable bonds is 15. The van der Waals surface area contributed by atoms with Crippen molar-refractivity contribution >= 4 is 17.6 Å². The molecule has 180 valence electrons. The standard InChI is InChI=1S/C23H44N4O4/c1-4-5-6-7-8-9-10-19-12-11-18(15-25-19)22(30)27-21(17(3)29)23(31)26-20(13-14-24)16(2)28/h17-21,25,29H,4-15,24H2,1-3H3,(H,26,31)(H,27,30)/t17-,18-,19+,20-,21-/m0/s1. The van der Waals surface area contributed by atoms with Crippen LogP contribution in [0, 0.1) is 5.92 Å². The molecule has 0 radical (unpaired) electrons. The Morgan fingerprint density at radius 2 is 1.77 bits per heavy atom. The zero-order valence-corrected chi connectivity index (χ0v) is 19.6. The summed E-state index contributed by atoms with van der Waals surface area (Å²) in [5.74, 6) is -1.25. The fraction of sp³-hybridized carbons (Fsp3) is 0.870. The molecule has 5 atom stereocenters. The Balaban J connectivity index is 2.44. The Labute approximate surface area is 187 Å². The molecule has 0 unspecified atom stereocenters. The lowest BCUT2D eigenvalue weighted by molar-refractivity contribution is -0.135. The molecule has 31 heavy (non-hydrogen) atoms. The van der Waals surface area contributed by atoms with Gasteiger partial charge in [-0.3, -0.25) is 14.4 Å². The number of carbonyl (C=O) groups excluding carboxylic acids is 3. The number of Topliss-reactive ketones (excluding diaryl/α,β-unsaturated/α-hetero) is 1. The molecule has 0 spiro atoms. The van der Waals surface area contributed by atoms with E-state index in [2.05, 4.69) is 22.9 Å². The molecule has 1 aliphatic rings. The minimum absolute atomic E-state index is 0.206. The molecule has 1 fully saturated rings. The minimum atomic E-state index is -1.10. The summed E-state index contributed by atoms with van der Waals surface area (Å²) < 4.78 is 0. The third-order valence-electron chi connectivity index (χ3n) is 6.12. The number of amides is 2. The molecule has 1 saturated heterocycles. The van der Waals surface area contributed by atoms with E-state index in [0.717, 1.165) is 19.3 Å². The number of piperidine rings is 1. The van der Waals surface area contributed by atoms with Crippen LogP contribution in [0.1, 0.15) is 85.0 Å². The first kappa shape index (κ1) is 27.5. The summed E-state index contributed by atoms with van der Waals surface area (Å²) in [6.07, 6.45) is 9.72. The van der Waals surface area contributed by atoms with E-state index < -0.39 is 24.1 Å². The number of nitrogens with two attached hydrogens (primary N) is 1. The lowest BCUT2D eigenvalue weighted by atomic mass is 9.91. The number of unbranched alkanes of at least 4 members (excludes halogenated alkanes) is 5. The van der Waals surface area contributed by atoms with E-state index in [9.17, 15) is 19.5 Å². The smallest absolute Gasteiger partial charge is 0.245 e. The minimum Gasteiger partial charge on any atom is -0.391 e. The number of aliphatic hydroxyl groups excluding tert-OH is 1. The first-order chi connectivity index (χ1) is 14.8. The molecule has 0 aromatic rings. The summed E-state index contributed by atoms with van der Waals surface area (Å²) in [5.41, 5.74) is 5.50. The highest BCUT2D eigenvalue weighted by atomic mass is 16.3. The van der Waals surface area contributed by atoms with Crippen LogP contribution in [0.5, 0.6) is 0 Å². The second kappa shape index (κ2) is 15.3. The highest BCUT2D eigenvalue weighted by Crippen LogP contribution is 2.19. The average Bonchev–Trinajstić information content (AvgIpc) is 2.74. The van der Waals surface area contributed by atoms with E-state index in [-0.39, 0.29) is 24.2 Å². The van der Waals surface area contributed by atoms with E-state index >= 15 is 0 Å². The van der Waals surface area contributed by atoms with Gasteiger partial charge < -0.3 is 26.8 Å². The van der Waals surface area contributed by atoms with Gasteiger partial charge in [-0.2, -0.15) is 0 Å². The van der Waals surface area contributed by atoms with Crippen LogP contribution < -0.4 is 21.7 Å². The van der Waals surface area contributed by atoms with Crippen LogP contribution in [0.4, 0.5) is 0 Å². The Hall–Kier alpha value is -1.51. The van der Waals surface area contributed by atoms with Gasteiger partial charge in [0.2, 0.25) is 11.8 Å². The van der Waals surface area contributed by atoms with Crippen molar-refractivity contribution in [3.05, 3.63) is 0 Å². The molecule has 0 aromatic carbocycles. The van der Waals surface area contributed by atoms with Gasteiger partial charge in [0.1, 0.15) is 6.04 Å². The monoisotopic (exact) mass is 440 g/mol. The second-order valence-electron chi connectivity index (χ2n) is 8.91. The number of carbonyl (C=O) groups is 3. The van der Waals surface area contributed by atoms with Gasteiger partial charge in [0, 0.05) is 12.6 Å². The van der Waals surface area contributed by atoms with Gasteiger partial charge in [-0.1, -0.05) is 45.4 Å². The average molecular weight is 441 g/mol. The van der Waals surface area contributed by atoms with Gasteiger partial charge in [0.25, 0.3) is 0 Å². The molecule has 2 amide bonds. The molecule has 1 heterocycles. The largest absolute Gasteiger partial charge is 0.391 e. The molecule has 8 heteroatoms. The third kappa shape index (κ3) is 10.6. The van der Waals surface area contributed by atoms with Crippen LogP contribution in [0.25, 0.3) is 0 Å². The van der Waals surface area contributed by atoms with E-state index in [1.54, 1.807) is 0 Å². The number of nitrogens with one attached hydrogen (secondary N) is 3. The molecule has 1 aliphatic heterocycles. The third-order valence-corrected chi connectivity index (χ3v) is 6.12. The molecule has 1 rings (SSSR count). The Morgan fingerprint density at radius 1 is 1.10 bits per heavy atom. The molecular formula is C23H44N4O4. The maximum atomic E-state index is 12.7. The number of hydrogen-bond donors (Lipinski definition) is 5. The fourth-order valence-electron chi connectivity index (χ4n) is 4.04. The van der Waals surface area contributed by atoms with Crippen molar-refractivity contribution < 1.29 is 19.5 Å². The van der Waals surface area contributed by atoms with Crippen molar-refractivity contribution in [2.45, 2.75) is 109 Å². The van der Waals surface area contributed by atoms with E-state index in [0.29, 0.717) is 19.0 Å². The highest BCUT2D eigenvalue weighted by Gasteiger charge is 2.32. The molecule has 0 bridgehead atoms. The van der Waals surface area contributed by atoms with E-state index in [1.165, 1.54) is 52.4 Å². The quantitative estimate of drug-likeness (QED) is 0.244. The zero-order chi connectivity index (χ0) is 23.2. The van der Waals surface area contributed by atoms with Gasteiger partial charge in [-0.15, -0.1) is 0 Å². The predicted molar refractivity (Wildman–Crippen MR) is 122 cm³/mol. The van der Waals surface area contributed by atoms with Crippen molar-refractivity contribution in [1.29, 1.82) is 0 Å². The normalized spacial score (nSPS) is 21.7. The number of ketones is 1. The van der Waals surface area contributed by atoms with Crippen LogP contribution >= 0.6 is 0 Å². The fourth-order valence-corrected chi connectivity index (χ4v) is 4.04. The van der Waals surface area contributed by atoms with Crippen LogP contribution in [-0.4, -0.2) is 60.0 Å². The Morgan fingerprint density at radius 3 is 2.32 bits per heavy atom. The summed E-state index contributed by atoms with van der Waals surface area (Å²) in [7, 11) is 0. The van der Waals surface area contributed by atoms with Gasteiger partial charge in [0.15, 0.2) is 5.78 Å². The Kier molecular flexibility index (Phi) is 13.6. The topological polar surface area (TPSA) is 134 Å². The van der Waals surface area contributed by atoms with Crippen LogP contribution in [0.3, 0.4) is 0 Å². The lowest BCUT2D eigenvalue weighted by Gasteiger charge is -2.31.